The molecule has 1 aliphatic heterocycles. The van der Waals surface area contributed by atoms with Crippen LogP contribution < -0.4 is 16.2 Å². The summed E-state index contributed by atoms with van der Waals surface area (Å²) < 4.78 is 19.6. The maximum atomic E-state index is 13.1. The molecule has 3 rings (SSSR count). The van der Waals surface area contributed by atoms with Crippen LogP contribution in [0.2, 0.25) is 0 Å². The average molecular weight is 446 g/mol. The van der Waals surface area contributed by atoms with E-state index in [-0.39, 0.29) is 12.4 Å². The molecule has 0 radical (unpaired) electrons. The van der Waals surface area contributed by atoms with Crippen LogP contribution in [0.1, 0.15) is 68.0 Å². The summed E-state index contributed by atoms with van der Waals surface area (Å²) >= 11 is 0. The molecule has 0 unspecified atom stereocenters. The fraction of sp³-hybridized carbons (Fsp3) is 0.455. The maximum absolute atomic E-state index is 13.1. The van der Waals surface area contributed by atoms with Crippen LogP contribution in [-0.4, -0.2) is 32.3 Å². The van der Waals surface area contributed by atoms with Crippen LogP contribution in [0.4, 0.5) is 9.18 Å². The topological polar surface area (TPSA) is 123 Å². The first kappa shape index (κ1) is 23.2. The zero-order chi connectivity index (χ0) is 23.5. The Kier molecular flexibility index (Phi) is 6.81. The van der Waals surface area contributed by atoms with Crippen molar-refractivity contribution < 1.29 is 23.8 Å². The van der Waals surface area contributed by atoms with Gasteiger partial charge in [0.25, 0.3) is 11.5 Å². The van der Waals surface area contributed by atoms with E-state index >= 15 is 0 Å². The van der Waals surface area contributed by atoms with E-state index < -0.39 is 46.5 Å². The first-order valence-corrected chi connectivity index (χ1v) is 10.4. The van der Waals surface area contributed by atoms with E-state index in [1.54, 1.807) is 20.8 Å². The molecule has 32 heavy (non-hydrogen) atoms. The van der Waals surface area contributed by atoms with Crippen LogP contribution in [0.5, 0.6) is 5.75 Å². The number of ether oxygens (including phenoxy) is 1. The Morgan fingerprint density at radius 1 is 1.25 bits per heavy atom. The SMILES string of the molecule is CC(C)(C)OC(=O)N[C@H]1CCCCn2c1nc(C(=O)NCc1ccc(F)cc1)c(O)c2=O. The number of aromatic hydroxyl groups is 1. The van der Waals surface area contributed by atoms with E-state index in [0.717, 1.165) is 0 Å². The number of nitrogens with zero attached hydrogens (tertiary/aromatic N) is 2. The van der Waals surface area contributed by atoms with Gasteiger partial charge in [-0.2, -0.15) is 0 Å². The Hall–Kier alpha value is -3.43. The molecule has 0 bridgehead atoms. The summed E-state index contributed by atoms with van der Waals surface area (Å²) in [6.45, 7) is 5.56. The molecule has 1 aromatic carbocycles. The number of alkyl carbamates (subject to hydrolysis) is 1. The normalized spacial score (nSPS) is 15.9. The standard InChI is InChI=1S/C22H27FN4O5/c1-22(2,3)32-21(31)25-15-6-4-5-11-27-18(15)26-16(17(28)20(27)30)19(29)24-12-13-7-9-14(23)10-8-13/h7-10,15,28H,4-6,11-12H2,1-3H3,(H,24,29)(H,25,31)/t15-/m0/s1. The third kappa shape index (κ3) is 5.63. The summed E-state index contributed by atoms with van der Waals surface area (Å²) in [5.74, 6) is -1.74. The lowest BCUT2D eigenvalue weighted by molar-refractivity contribution is 0.0498. The van der Waals surface area contributed by atoms with Crippen molar-refractivity contribution in [3.63, 3.8) is 0 Å². The van der Waals surface area contributed by atoms with Gasteiger partial charge in [-0.05, 0) is 57.7 Å². The Balaban J connectivity index is 1.87. The highest BCUT2D eigenvalue weighted by molar-refractivity contribution is 5.94. The molecule has 1 aliphatic rings. The van der Waals surface area contributed by atoms with E-state index in [1.165, 1.54) is 28.8 Å². The number of hydrogen-bond acceptors (Lipinski definition) is 6. The lowest BCUT2D eigenvalue weighted by Crippen LogP contribution is -2.38. The van der Waals surface area contributed by atoms with Crippen LogP contribution >= 0.6 is 0 Å². The molecular weight excluding hydrogens is 419 g/mol. The van der Waals surface area contributed by atoms with E-state index in [1.807, 2.05) is 0 Å². The van der Waals surface area contributed by atoms with Crippen molar-refractivity contribution in [2.24, 2.45) is 0 Å². The fourth-order valence-electron chi connectivity index (χ4n) is 3.40. The van der Waals surface area contributed by atoms with E-state index in [0.29, 0.717) is 31.4 Å². The number of aromatic nitrogens is 2. The van der Waals surface area contributed by atoms with Crippen LogP contribution in [0.25, 0.3) is 0 Å². The van der Waals surface area contributed by atoms with Crippen molar-refractivity contribution in [2.75, 3.05) is 0 Å². The average Bonchev–Trinajstić information content (AvgIpc) is 2.91. The van der Waals surface area contributed by atoms with Crippen molar-refractivity contribution in [2.45, 2.75) is 64.8 Å². The van der Waals surface area contributed by atoms with Crippen molar-refractivity contribution >= 4 is 12.0 Å². The van der Waals surface area contributed by atoms with Crippen LogP contribution in [0, 0.1) is 5.82 Å². The third-order valence-corrected chi connectivity index (χ3v) is 4.88. The number of carbonyl (C=O) groups excluding carboxylic acids is 2. The summed E-state index contributed by atoms with van der Waals surface area (Å²) in [5.41, 5.74) is -1.25. The van der Waals surface area contributed by atoms with Gasteiger partial charge in [-0.15, -0.1) is 0 Å². The van der Waals surface area contributed by atoms with Crippen molar-refractivity contribution in [1.29, 1.82) is 0 Å². The molecule has 1 aromatic heterocycles. The second-order valence-corrected chi connectivity index (χ2v) is 8.63. The van der Waals surface area contributed by atoms with Gasteiger partial charge in [0.2, 0.25) is 5.75 Å². The highest BCUT2D eigenvalue weighted by Crippen LogP contribution is 2.24. The molecule has 3 N–H and O–H groups in total. The summed E-state index contributed by atoms with van der Waals surface area (Å²) in [6.07, 6.45) is 1.18. The number of fused-ring (bicyclic) bond motifs is 1. The minimum absolute atomic E-state index is 0.0538. The molecule has 0 aliphatic carbocycles. The summed E-state index contributed by atoms with van der Waals surface area (Å²) in [7, 11) is 0. The molecule has 2 heterocycles. The molecule has 10 heteroatoms. The number of nitrogens with one attached hydrogen (secondary N) is 2. The van der Waals surface area contributed by atoms with E-state index in [4.69, 9.17) is 4.74 Å². The van der Waals surface area contributed by atoms with E-state index in [2.05, 4.69) is 15.6 Å². The van der Waals surface area contributed by atoms with Crippen LogP contribution in [0.3, 0.4) is 0 Å². The predicted octanol–water partition coefficient (Wildman–Crippen LogP) is 2.77. The van der Waals surface area contributed by atoms with Gasteiger partial charge in [0, 0.05) is 13.1 Å². The first-order valence-electron chi connectivity index (χ1n) is 10.4. The molecule has 2 amide bonds. The van der Waals surface area contributed by atoms with Gasteiger partial charge in [-0.1, -0.05) is 12.1 Å². The van der Waals surface area contributed by atoms with Gasteiger partial charge in [0.05, 0.1) is 6.04 Å². The highest BCUT2D eigenvalue weighted by Gasteiger charge is 2.29. The number of rotatable bonds is 4. The number of benzene rings is 1. The van der Waals surface area contributed by atoms with Gasteiger partial charge < -0.3 is 20.5 Å². The van der Waals surface area contributed by atoms with Gasteiger partial charge in [-0.25, -0.2) is 14.2 Å². The second kappa shape index (κ2) is 9.37. The van der Waals surface area contributed by atoms with Gasteiger partial charge in [-0.3, -0.25) is 14.2 Å². The lowest BCUT2D eigenvalue weighted by Gasteiger charge is -2.24. The van der Waals surface area contributed by atoms with Gasteiger partial charge in [0.15, 0.2) is 5.69 Å². The van der Waals surface area contributed by atoms with Gasteiger partial charge in [0.1, 0.15) is 17.2 Å². The van der Waals surface area contributed by atoms with E-state index in [9.17, 15) is 23.9 Å². The van der Waals surface area contributed by atoms with Crippen LogP contribution in [0.15, 0.2) is 29.1 Å². The van der Waals surface area contributed by atoms with Crippen molar-refractivity contribution in [1.82, 2.24) is 20.2 Å². The molecule has 0 saturated carbocycles. The minimum atomic E-state index is -0.761. The third-order valence-electron chi connectivity index (χ3n) is 4.88. The number of hydrogen-bond donors (Lipinski definition) is 3. The molecule has 2 aromatic rings. The van der Waals surface area contributed by atoms with Gasteiger partial charge >= 0.3 is 6.09 Å². The first-order chi connectivity index (χ1) is 15.0. The number of amides is 2. The predicted molar refractivity (Wildman–Crippen MR) is 114 cm³/mol. The van der Waals surface area contributed by atoms with Crippen molar-refractivity contribution in [3.05, 3.63) is 57.5 Å². The monoisotopic (exact) mass is 446 g/mol. The molecule has 9 nitrogen and oxygen atoms in total. The number of halogens is 1. The number of carbonyl (C=O) groups is 2. The molecule has 0 fully saturated rings. The Morgan fingerprint density at radius 3 is 2.59 bits per heavy atom. The fourth-order valence-corrected chi connectivity index (χ4v) is 3.40. The van der Waals surface area contributed by atoms with Crippen molar-refractivity contribution in [3.8, 4) is 5.75 Å². The molecule has 0 saturated heterocycles. The molecule has 0 spiro atoms. The Bertz CT molecular complexity index is 1060. The summed E-state index contributed by atoms with van der Waals surface area (Å²) in [5, 5.41) is 15.6. The molecule has 172 valence electrons. The minimum Gasteiger partial charge on any atom is -0.501 e. The Morgan fingerprint density at radius 2 is 1.94 bits per heavy atom. The lowest BCUT2D eigenvalue weighted by atomic mass is 10.1. The molecule has 1 atom stereocenters. The Labute approximate surface area is 184 Å². The largest absolute Gasteiger partial charge is 0.501 e. The quantitative estimate of drug-likeness (QED) is 0.664. The highest BCUT2D eigenvalue weighted by atomic mass is 19.1. The summed E-state index contributed by atoms with van der Waals surface area (Å²) in [4.78, 5) is 42.0. The zero-order valence-corrected chi connectivity index (χ0v) is 18.3. The smallest absolute Gasteiger partial charge is 0.408 e. The maximum Gasteiger partial charge on any atom is 0.408 e. The van der Waals surface area contributed by atoms with Crippen LogP contribution in [-0.2, 0) is 17.8 Å². The second-order valence-electron chi connectivity index (χ2n) is 8.63. The summed E-state index contributed by atoms with van der Waals surface area (Å²) in [6, 6.07) is 4.88. The molecular formula is C22H27FN4O5. The zero-order valence-electron chi connectivity index (χ0n) is 18.3.